The summed E-state index contributed by atoms with van der Waals surface area (Å²) in [5, 5.41) is 0. The highest BCUT2D eigenvalue weighted by molar-refractivity contribution is 5.35. The summed E-state index contributed by atoms with van der Waals surface area (Å²) in [4.78, 5) is 0. The summed E-state index contributed by atoms with van der Waals surface area (Å²) in [7, 11) is 0. The molecule has 0 aliphatic carbocycles. The summed E-state index contributed by atoms with van der Waals surface area (Å²) < 4.78 is 5.43. The van der Waals surface area contributed by atoms with Crippen molar-refractivity contribution in [3.05, 3.63) is 35.1 Å². The Morgan fingerprint density at radius 3 is 2.75 bits per heavy atom. The van der Waals surface area contributed by atoms with E-state index in [1.54, 1.807) is 0 Å². The molecule has 0 aromatic carbocycles. The van der Waals surface area contributed by atoms with Crippen LogP contribution >= 0.6 is 0 Å². The van der Waals surface area contributed by atoms with Crippen molar-refractivity contribution < 1.29 is 4.74 Å². The fourth-order valence-electron chi connectivity index (χ4n) is 1.26. The van der Waals surface area contributed by atoms with E-state index in [1.807, 2.05) is 13.0 Å². The molecular formula is C11H16O. The first-order valence-corrected chi connectivity index (χ1v) is 4.41. The minimum atomic E-state index is 0.836. The van der Waals surface area contributed by atoms with E-state index in [0.29, 0.717) is 0 Å². The van der Waals surface area contributed by atoms with Crippen LogP contribution in [0.1, 0.15) is 27.2 Å². The van der Waals surface area contributed by atoms with Crippen molar-refractivity contribution in [2.45, 2.75) is 27.2 Å². The third-order valence-corrected chi connectivity index (χ3v) is 2.06. The van der Waals surface area contributed by atoms with Gasteiger partial charge >= 0.3 is 0 Å². The maximum Gasteiger partial charge on any atom is 0.118 e. The Morgan fingerprint density at radius 1 is 1.42 bits per heavy atom. The molecule has 0 bridgehead atoms. The number of allylic oxidation sites excluding steroid dienone is 5. The van der Waals surface area contributed by atoms with Crippen LogP contribution < -0.4 is 0 Å². The third-order valence-electron chi connectivity index (χ3n) is 2.06. The quantitative estimate of drug-likeness (QED) is 0.578. The van der Waals surface area contributed by atoms with Crippen molar-refractivity contribution in [2.24, 2.45) is 0 Å². The van der Waals surface area contributed by atoms with Gasteiger partial charge in [-0.05, 0) is 32.4 Å². The van der Waals surface area contributed by atoms with E-state index >= 15 is 0 Å². The van der Waals surface area contributed by atoms with E-state index < -0.39 is 0 Å². The molecule has 1 saturated heterocycles. The second-order valence-corrected chi connectivity index (χ2v) is 2.95. The molecule has 0 spiro atoms. The minimum Gasteiger partial charge on any atom is -0.493 e. The Bertz CT molecular complexity index is 244. The van der Waals surface area contributed by atoms with Crippen LogP contribution in [0.15, 0.2) is 35.1 Å². The van der Waals surface area contributed by atoms with Crippen molar-refractivity contribution in [2.75, 3.05) is 6.61 Å². The highest BCUT2D eigenvalue weighted by Crippen LogP contribution is 2.24. The zero-order valence-corrected chi connectivity index (χ0v) is 8.05. The molecule has 0 aromatic rings. The summed E-state index contributed by atoms with van der Waals surface area (Å²) in [6.07, 6.45) is 7.38. The van der Waals surface area contributed by atoms with Gasteiger partial charge in [0, 0.05) is 6.42 Å². The third kappa shape index (κ3) is 2.00. The Balaban J connectivity index is 2.81. The molecule has 0 amide bonds. The van der Waals surface area contributed by atoms with E-state index in [9.17, 15) is 0 Å². The van der Waals surface area contributed by atoms with E-state index in [1.165, 1.54) is 11.1 Å². The molecule has 1 aliphatic rings. The predicted octanol–water partition coefficient (Wildman–Crippen LogP) is 3.20. The van der Waals surface area contributed by atoms with Crippen LogP contribution in [-0.2, 0) is 4.74 Å². The van der Waals surface area contributed by atoms with Gasteiger partial charge in [-0.2, -0.15) is 0 Å². The van der Waals surface area contributed by atoms with Gasteiger partial charge < -0.3 is 4.74 Å². The lowest BCUT2D eigenvalue weighted by Gasteiger charge is -1.98. The Morgan fingerprint density at radius 2 is 2.17 bits per heavy atom. The maximum absolute atomic E-state index is 5.43. The van der Waals surface area contributed by atoms with Gasteiger partial charge in [0.25, 0.3) is 0 Å². The summed E-state index contributed by atoms with van der Waals surface area (Å²) in [6, 6.07) is 0. The van der Waals surface area contributed by atoms with Crippen LogP contribution in [0.5, 0.6) is 0 Å². The van der Waals surface area contributed by atoms with E-state index in [2.05, 4.69) is 26.0 Å². The maximum atomic E-state index is 5.43. The molecule has 1 nitrogen and oxygen atoms in total. The first-order valence-electron chi connectivity index (χ1n) is 4.41. The van der Waals surface area contributed by atoms with Gasteiger partial charge in [0.1, 0.15) is 5.76 Å². The predicted molar refractivity (Wildman–Crippen MR) is 51.8 cm³/mol. The summed E-state index contributed by atoms with van der Waals surface area (Å²) in [5.41, 5.74) is 2.63. The van der Waals surface area contributed by atoms with Gasteiger partial charge in [-0.15, -0.1) is 0 Å². The second-order valence-electron chi connectivity index (χ2n) is 2.95. The van der Waals surface area contributed by atoms with Crippen LogP contribution in [0.2, 0.25) is 0 Å². The molecule has 0 radical (unpaired) electrons. The topological polar surface area (TPSA) is 9.23 Å². The normalized spacial score (nSPS) is 25.1. The number of rotatable bonds is 1. The molecule has 1 fully saturated rings. The van der Waals surface area contributed by atoms with Crippen LogP contribution in [0.4, 0.5) is 0 Å². The Kier molecular flexibility index (Phi) is 3.15. The van der Waals surface area contributed by atoms with E-state index in [0.717, 1.165) is 18.8 Å². The SMILES string of the molecule is C\C=C(C)/C=C1/CCO/C1=C/C. The van der Waals surface area contributed by atoms with E-state index in [4.69, 9.17) is 4.74 Å². The van der Waals surface area contributed by atoms with Gasteiger partial charge in [0.05, 0.1) is 6.61 Å². The lowest BCUT2D eigenvalue weighted by atomic mass is 10.1. The summed E-state index contributed by atoms with van der Waals surface area (Å²) >= 11 is 0. The van der Waals surface area contributed by atoms with Gasteiger partial charge in [-0.1, -0.05) is 17.7 Å². The van der Waals surface area contributed by atoms with Crippen LogP contribution in [0, 0.1) is 0 Å². The zero-order valence-electron chi connectivity index (χ0n) is 8.05. The second kappa shape index (κ2) is 4.15. The Hall–Kier alpha value is -0.980. The highest BCUT2D eigenvalue weighted by atomic mass is 16.5. The average molecular weight is 164 g/mol. The molecule has 0 aromatic heterocycles. The Labute approximate surface area is 74.4 Å². The fraction of sp³-hybridized carbons (Fsp3) is 0.455. The molecule has 0 N–H and O–H groups in total. The van der Waals surface area contributed by atoms with Gasteiger partial charge in [0.15, 0.2) is 0 Å². The molecule has 1 rings (SSSR count). The molecular weight excluding hydrogens is 148 g/mol. The van der Waals surface area contributed by atoms with Crippen molar-refractivity contribution >= 4 is 0 Å². The van der Waals surface area contributed by atoms with Crippen molar-refractivity contribution in [3.8, 4) is 0 Å². The number of hydrogen-bond acceptors (Lipinski definition) is 1. The first kappa shape index (κ1) is 9.11. The average Bonchev–Trinajstić information content (AvgIpc) is 2.51. The lowest BCUT2D eigenvalue weighted by molar-refractivity contribution is 0.265. The van der Waals surface area contributed by atoms with Crippen molar-refractivity contribution in [1.29, 1.82) is 0 Å². The fourth-order valence-corrected chi connectivity index (χ4v) is 1.26. The van der Waals surface area contributed by atoms with Crippen molar-refractivity contribution in [1.82, 2.24) is 0 Å². The first-order chi connectivity index (χ1) is 5.77. The molecule has 1 aliphatic heterocycles. The summed E-state index contributed by atoms with van der Waals surface area (Å²) in [5.74, 6) is 1.05. The number of hydrogen-bond donors (Lipinski definition) is 0. The molecule has 0 unspecified atom stereocenters. The standard InChI is InChI=1S/C11H16O/c1-4-9(3)8-10-6-7-12-11(10)5-2/h4-5,8H,6-7H2,1-3H3/b9-4-,10-8-,11-5+. The lowest BCUT2D eigenvalue weighted by Crippen LogP contribution is -1.80. The van der Waals surface area contributed by atoms with Crippen LogP contribution in [0.3, 0.4) is 0 Å². The van der Waals surface area contributed by atoms with Gasteiger partial charge in [-0.3, -0.25) is 0 Å². The molecule has 0 saturated carbocycles. The molecule has 0 atom stereocenters. The minimum absolute atomic E-state index is 0.836. The largest absolute Gasteiger partial charge is 0.493 e. The number of ether oxygens (including phenoxy) is 1. The summed E-state index contributed by atoms with van der Waals surface area (Å²) in [6.45, 7) is 7.01. The van der Waals surface area contributed by atoms with Crippen LogP contribution in [0.25, 0.3) is 0 Å². The van der Waals surface area contributed by atoms with Gasteiger partial charge in [-0.25, -0.2) is 0 Å². The molecule has 1 heteroatoms. The van der Waals surface area contributed by atoms with Crippen LogP contribution in [-0.4, -0.2) is 6.61 Å². The molecule has 12 heavy (non-hydrogen) atoms. The monoisotopic (exact) mass is 164 g/mol. The van der Waals surface area contributed by atoms with Crippen molar-refractivity contribution in [3.63, 3.8) is 0 Å². The molecule has 1 heterocycles. The van der Waals surface area contributed by atoms with E-state index in [-0.39, 0.29) is 0 Å². The van der Waals surface area contributed by atoms with Gasteiger partial charge in [0.2, 0.25) is 0 Å². The smallest absolute Gasteiger partial charge is 0.118 e. The zero-order chi connectivity index (χ0) is 8.97. The highest BCUT2D eigenvalue weighted by Gasteiger charge is 2.12. The molecule has 66 valence electrons.